The van der Waals surface area contributed by atoms with Crippen molar-refractivity contribution in [3.05, 3.63) is 29.6 Å². The number of rotatable bonds is 2. The van der Waals surface area contributed by atoms with Crippen molar-refractivity contribution in [2.75, 3.05) is 0 Å². The van der Waals surface area contributed by atoms with Crippen molar-refractivity contribution in [3.63, 3.8) is 0 Å². The lowest BCUT2D eigenvalue weighted by molar-refractivity contribution is 0.101. The lowest BCUT2D eigenvalue weighted by Crippen LogP contribution is -2.17. The van der Waals surface area contributed by atoms with Gasteiger partial charge in [-0.3, -0.25) is 4.79 Å². The lowest BCUT2D eigenvalue weighted by atomic mass is 10.1. The highest BCUT2D eigenvalue weighted by atomic mass is 32.2. The fourth-order valence-corrected chi connectivity index (χ4v) is 1.88. The predicted octanol–water partition coefficient (Wildman–Crippen LogP) is 0.676. The van der Waals surface area contributed by atoms with Crippen molar-refractivity contribution in [2.24, 2.45) is 5.14 Å². The summed E-state index contributed by atoms with van der Waals surface area (Å²) in [5.41, 5.74) is -0.491. The van der Waals surface area contributed by atoms with Gasteiger partial charge < -0.3 is 0 Å². The van der Waals surface area contributed by atoms with Crippen LogP contribution in [-0.2, 0) is 10.0 Å². The van der Waals surface area contributed by atoms with Crippen LogP contribution in [0.25, 0.3) is 0 Å². The molecule has 0 aromatic heterocycles. The summed E-state index contributed by atoms with van der Waals surface area (Å²) in [6.07, 6.45) is 0. The zero-order chi connectivity index (χ0) is 10.9. The summed E-state index contributed by atoms with van der Waals surface area (Å²) in [5.74, 6) is -1.56. The number of ketones is 1. The molecule has 1 rings (SSSR count). The summed E-state index contributed by atoms with van der Waals surface area (Å²) < 4.78 is 35.0. The van der Waals surface area contributed by atoms with Gasteiger partial charge in [0.05, 0.1) is 10.5 Å². The second kappa shape index (κ2) is 3.47. The Balaban J connectivity index is 3.61. The molecule has 0 saturated carbocycles. The van der Waals surface area contributed by atoms with Gasteiger partial charge in [-0.05, 0) is 19.1 Å². The van der Waals surface area contributed by atoms with E-state index in [9.17, 15) is 17.6 Å². The molecule has 0 heterocycles. The first kappa shape index (κ1) is 10.8. The Morgan fingerprint density at radius 1 is 1.43 bits per heavy atom. The number of halogens is 1. The Kier molecular flexibility index (Phi) is 2.68. The molecule has 1 aromatic carbocycles. The second-order valence-corrected chi connectivity index (χ2v) is 4.24. The molecule has 0 aliphatic rings. The average Bonchev–Trinajstić information content (AvgIpc) is 2.01. The number of carbonyl (C=O) groups excluding carboxylic acids is 1. The van der Waals surface area contributed by atoms with Crippen molar-refractivity contribution >= 4 is 15.8 Å². The smallest absolute Gasteiger partial charge is 0.238 e. The van der Waals surface area contributed by atoms with Crippen molar-refractivity contribution < 1.29 is 17.6 Å². The standard InChI is InChI=1S/C8H8FNO3S/c1-5(11)8-6(9)3-2-4-7(8)14(10,12)13/h2-4H,1H3,(H2,10,12,13). The molecule has 0 atom stereocenters. The maximum Gasteiger partial charge on any atom is 0.238 e. The highest BCUT2D eigenvalue weighted by molar-refractivity contribution is 7.89. The fourth-order valence-electron chi connectivity index (χ4n) is 1.08. The topological polar surface area (TPSA) is 77.2 Å². The van der Waals surface area contributed by atoms with Crippen LogP contribution in [0.5, 0.6) is 0 Å². The molecule has 0 bridgehead atoms. The molecule has 0 spiro atoms. The predicted molar refractivity (Wildman–Crippen MR) is 47.8 cm³/mol. The maximum atomic E-state index is 13.1. The summed E-state index contributed by atoms with van der Waals surface area (Å²) in [6.45, 7) is 1.08. The van der Waals surface area contributed by atoms with Gasteiger partial charge in [0.2, 0.25) is 10.0 Å². The van der Waals surface area contributed by atoms with Gasteiger partial charge in [-0.25, -0.2) is 17.9 Å². The molecule has 14 heavy (non-hydrogen) atoms. The third-order valence-electron chi connectivity index (χ3n) is 1.63. The number of Topliss-reactive ketones (excluding diaryl/α,β-unsaturated/α-hetero) is 1. The molecule has 2 N–H and O–H groups in total. The number of hydrogen-bond acceptors (Lipinski definition) is 3. The molecule has 0 fully saturated rings. The molecule has 76 valence electrons. The van der Waals surface area contributed by atoms with Gasteiger partial charge in [0.15, 0.2) is 5.78 Å². The van der Waals surface area contributed by atoms with Gasteiger partial charge in [-0.1, -0.05) is 6.07 Å². The van der Waals surface area contributed by atoms with Gasteiger partial charge in [0, 0.05) is 0 Å². The summed E-state index contributed by atoms with van der Waals surface area (Å²) >= 11 is 0. The summed E-state index contributed by atoms with van der Waals surface area (Å²) in [5, 5.41) is 4.82. The molecule has 4 nitrogen and oxygen atoms in total. The van der Waals surface area contributed by atoms with E-state index in [0.717, 1.165) is 19.1 Å². The summed E-state index contributed by atoms with van der Waals surface area (Å²) in [7, 11) is -4.06. The molecule has 0 saturated heterocycles. The van der Waals surface area contributed by atoms with Crippen LogP contribution in [0.4, 0.5) is 4.39 Å². The Morgan fingerprint density at radius 2 is 2.00 bits per heavy atom. The van der Waals surface area contributed by atoms with Crippen molar-refractivity contribution in [3.8, 4) is 0 Å². The molecule has 0 aliphatic heterocycles. The van der Waals surface area contributed by atoms with E-state index in [1.54, 1.807) is 0 Å². The van der Waals surface area contributed by atoms with E-state index in [-0.39, 0.29) is 0 Å². The highest BCUT2D eigenvalue weighted by Crippen LogP contribution is 2.17. The Hall–Kier alpha value is -1.27. The molecule has 0 radical (unpaired) electrons. The number of hydrogen-bond donors (Lipinski definition) is 1. The number of primary sulfonamides is 1. The largest absolute Gasteiger partial charge is 0.294 e. The Bertz CT molecular complexity index is 481. The zero-order valence-corrected chi connectivity index (χ0v) is 8.14. The third-order valence-corrected chi connectivity index (χ3v) is 2.59. The van der Waals surface area contributed by atoms with Gasteiger partial charge in [0.1, 0.15) is 5.82 Å². The minimum absolute atomic E-state index is 0.481. The SMILES string of the molecule is CC(=O)c1c(F)cccc1S(N)(=O)=O. The van der Waals surface area contributed by atoms with E-state index >= 15 is 0 Å². The third kappa shape index (κ3) is 1.97. The van der Waals surface area contributed by atoms with E-state index in [0.29, 0.717) is 0 Å². The van der Waals surface area contributed by atoms with Gasteiger partial charge >= 0.3 is 0 Å². The highest BCUT2D eigenvalue weighted by Gasteiger charge is 2.20. The fraction of sp³-hybridized carbons (Fsp3) is 0.125. The maximum absolute atomic E-state index is 13.1. The van der Waals surface area contributed by atoms with Gasteiger partial charge in [-0.2, -0.15) is 0 Å². The zero-order valence-electron chi connectivity index (χ0n) is 7.32. The second-order valence-electron chi connectivity index (χ2n) is 2.71. The van der Waals surface area contributed by atoms with Crippen LogP contribution >= 0.6 is 0 Å². The molecule has 1 aromatic rings. The molecular weight excluding hydrogens is 209 g/mol. The molecular formula is C8H8FNO3S. The van der Waals surface area contributed by atoms with Crippen LogP contribution in [0.2, 0.25) is 0 Å². The van der Waals surface area contributed by atoms with Crippen LogP contribution in [0.3, 0.4) is 0 Å². The number of sulfonamides is 1. The first-order valence-electron chi connectivity index (χ1n) is 3.66. The molecule has 0 aliphatic carbocycles. The van der Waals surface area contributed by atoms with Crippen molar-refractivity contribution in [1.29, 1.82) is 0 Å². The van der Waals surface area contributed by atoms with E-state index in [1.807, 2.05) is 0 Å². The van der Waals surface area contributed by atoms with E-state index in [1.165, 1.54) is 6.07 Å². The molecule has 0 amide bonds. The first-order valence-corrected chi connectivity index (χ1v) is 5.21. The van der Waals surface area contributed by atoms with Crippen molar-refractivity contribution in [1.82, 2.24) is 0 Å². The quantitative estimate of drug-likeness (QED) is 0.740. The first-order chi connectivity index (χ1) is 6.34. The number of nitrogens with two attached hydrogens (primary N) is 1. The minimum atomic E-state index is -4.06. The molecule has 0 unspecified atom stereocenters. The normalized spacial score (nSPS) is 11.4. The van der Waals surface area contributed by atoms with E-state index in [4.69, 9.17) is 5.14 Å². The van der Waals surface area contributed by atoms with Gasteiger partial charge in [0.25, 0.3) is 0 Å². The van der Waals surface area contributed by atoms with Gasteiger partial charge in [-0.15, -0.1) is 0 Å². The molecule has 6 heteroatoms. The van der Waals surface area contributed by atoms with E-state index < -0.39 is 32.1 Å². The van der Waals surface area contributed by atoms with Crippen LogP contribution < -0.4 is 5.14 Å². The Morgan fingerprint density at radius 3 is 2.36 bits per heavy atom. The van der Waals surface area contributed by atoms with Crippen molar-refractivity contribution in [2.45, 2.75) is 11.8 Å². The Labute approximate surface area is 80.6 Å². The summed E-state index contributed by atoms with van der Waals surface area (Å²) in [6, 6.07) is 3.28. The number of carbonyl (C=O) groups is 1. The van der Waals surface area contributed by atoms with Crippen LogP contribution in [0.1, 0.15) is 17.3 Å². The van der Waals surface area contributed by atoms with Crippen LogP contribution in [-0.4, -0.2) is 14.2 Å². The lowest BCUT2D eigenvalue weighted by Gasteiger charge is -2.04. The summed E-state index contributed by atoms with van der Waals surface area (Å²) in [4.78, 5) is 10.5. The minimum Gasteiger partial charge on any atom is -0.294 e. The van der Waals surface area contributed by atoms with Crippen LogP contribution in [0.15, 0.2) is 23.1 Å². The van der Waals surface area contributed by atoms with E-state index in [2.05, 4.69) is 0 Å². The average molecular weight is 217 g/mol. The van der Waals surface area contributed by atoms with Crippen LogP contribution in [0, 0.1) is 5.82 Å². The number of benzene rings is 1. The monoisotopic (exact) mass is 217 g/mol.